The van der Waals surface area contributed by atoms with E-state index in [1.165, 1.54) is 23.1 Å². The van der Waals surface area contributed by atoms with Gasteiger partial charge in [-0.2, -0.15) is 0 Å². The van der Waals surface area contributed by atoms with E-state index in [1.807, 2.05) is 14.1 Å². The number of benzene rings is 1. The summed E-state index contributed by atoms with van der Waals surface area (Å²) in [5.74, 6) is -0.336. The minimum atomic E-state index is -0.599. The van der Waals surface area contributed by atoms with Crippen LogP contribution in [0.4, 0.5) is 5.69 Å². The number of carbonyl (C=O) groups is 1. The fourth-order valence-electron chi connectivity index (χ4n) is 2.24. The normalized spacial score (nSPS) is 11.5. The molecule has 0 spiro atoms. The largest absolute Gasteiger partial charge is 0.351 e. The molecule has 0 saturated carbocycles. The molecule has 7 heteroatoms. The molecule has 21 heavy (non-hydrogen) atoms. The van der Waals surface area contributed by atoms with Gasteiger partial charge in [-0.3, -0.25) is 14.9 Å². The zero-order valence-corrected chi connectivity index (χ0v) is 13.5. The lowest BCUT2D eigenvalue weighted by atomic mass is 9.93. The van der Waals surface area contributed by atoms with Gasteiger partial charge < -0.3 is 10.2 Å². The maximum Gasteiger partial charge on any atom is 0.288 e. The molecule has 1 aromatic carbocycles. The number of amides is 1. The molecule has 116 valence electrons. The summed E-state index contributed by atoms with van der Waals surface area (Å²) in [7, 11) is 4.10. The number of nitro benzene ring substituents is 1. The predicted molar refractivity (Wildman–Crippen MR) is 81.9 cm³/mol. The molecule has 0 radical (unpaired) electrons. The molecular weight excluding hydrogens is 294 g/mol. The second kappa shape index (κ2) is 6.87. The van der Waals surface area contributed by atoms with Gasteiger partial charge in [0.1, 0.15) is 5.02 Å². The summed E-state index contributed by atoms with van der Waals surface area (Å²) in [4.78, 5) is 23.6. The monoisotopic (exact) mass is 314 g/mol. The molecule has 0 saturated heterocycles. The summed E-state index contributed by atoms with van der Waals surface area (Å²) in [5, 5.41) is 13.7. The number of nitro groups is 1. The first-order valence-corrected chi connectivity index (χ1v) is 7.01. The lowest BCUT2D eigenvalue weighted by molar-refractivity contribution is -0.865. The Morgan fingerprint density at radius 2 is 2.05 bits per heavy atom. The van der Waals surface area contributed by atoms with Gasteiger partial charge in [0.2, 0.25) is 0 Å². The summed E-state index contributed by atoms with van der Waals surface area (Å²) in [6.45, 7) is 5.51. The molecule has 0 unspecified atom stereocenters. The third kappa shape index (κ3) is 5.32. The molecule has 0 aliphatic carbocycles. The summed E-state index contributed by atoms with van der Waals surface area (Å²) in [5.41, 5.74) is -0.0900. The highest BCUT2D eigenvalue weighted by Gasteiger charge is 2.23. The lowest BCUT2D eigenvalue weighted by Crippen LogP contribution is -3.07. The average molecular weight is 315 g/mol. The average Bonchev–Trinajstić information content (AvgIpc) is 2.34. The van der Waals surface area contributed by atoms with Crippen molar-refractivity contribution in [2.75, 3.05) is 27.2 Å². The Morgan fingerprint density at radius 1 is 1.43 bits per heavy atom. The predicted octanol–water partition coefficient (Wildman–Crippen LogP) is 1.15. The van der Waals surface area contributed by atoms with E-state index in [0.29, 0.717) is 6.54 Å². The van der Waals surface area contributed by atoms with Crippen molar-refractivity contribution in [2.24, 2.45) is 5.41 Å². The number of hydrogen-bond donors (Lipinski definition) is 2. The van der Waals surface area contributed by atoms with E-state index in [2.05, 4.69) is 19.2 Å². The van der Waals surface area contributed by atoms with Crippen LogP contribution in [0.1, 0.15) is 24.2 Å². The number of nitrogens with zero attached hydrogens (tertiary/aromatic N) is 1. The Kier molecular flexibility index (Phi) is 5.69. The summed E-state index contributed by atoms with van der Waals surface area (Å²) >= 11 is 5.73. The van der Waals surface area contributed by atoms with Gasteiger partial charge in [0.25, 0.3) is 11.6 Å². The smallest absolute Gasteiger partial charge is 0.288 e. The van der Waals surface area contributed by atoms with E-state index >= 15 is 0 Å². The van der Waals surface area contributed by atoms with Crippen molar-refractivity contribution in [1.82, 2.24) is 5.32 Å². The molecule has 1 aromatic rings. The number of rotatable bonds is 6. The highest BCUT2D eigenvalue weighted by molar-refractivity contribution is 6.32. The van der Waals surface area contributed by atoms with Gasteiger partial charge in [-0.25, -0.2) is 0 Å². The van der Waals surface area contributed by atoms with Gasteiger partial charge in [0, 0.05) is 23.6 Å². The third-order valence-corrected chi connectivity index (χ3v) is 3.28. The quantitative estimate of drug-likeness (QED) is 0.611. The van der Waals surface area contributed by atoms with Crippen molar-refractivity contribution >= 4 is 23.2 Å². The lowest BCUT2D eigenvalue weighted by Gasteiger charge is -2.26. The second-order valence-corrected chi connectivity index (χ2v) is 6.56. The van der Waals surface area contributed by atoms with Crippen LogP contribution >= 0.6 is 11.6 Å². The van der Waals surface area contributed by atoms with Gasteiger partial charge in [-0.1, -0.05) is 25.4 Å². The van der Waals surface area contributed by atoms with Crippen LogP contribution in [0.2, 0.25) is 5.02 Å². The van der Waals surface area contributed by atoms with Crippen LogP contribution in [0.3, 0.4) is 0 Å². The maximum absolute atomic E-state index is 12.1. The zero-order valence-electron chi connectivity index (χ0n) is 12.7. The second-order valence-electron chi connectivity index (χ2n) is 6.15. The molecule has 0 fully saturated rings. The molecule has 0 aliphatic rings. The van der Waals surface area contributed by atoms with Crippen molar-refractivity contribution in [3.8, 4) is 0 Å². The number of hydrogen-bond acceptors (Lipinski definition) is 3. The van der Waals surface area contributed by atoms with Crippen molar-refractivity contribution in [2.45, 2.75) is 13.8 Å². The van der Waals surface area contributed by atoms with Gasteiger partial charge in [-0.05, 0) is 12.1 Å². The minimum absolute atomic E-state index is 0.0214. The van der Waals surface area contributed by atoms with Crippen molar-refractivity contribution < 1.29 is 14.6 Å². The minimum Gasteiger partial charge on any atom is -0.351 e. The first-order valence-electron chi connectivity index (χ1n) is 6.63. The van der Waals surface area contributed by atoms with Gasteiger partial charge in [0.05, 0.1) is 25.6 Å². The maximum atomic E-state index is 12.1. The summed E-state index contributed by atoms with van der Waals surface area (Å²) in [6, 6.07) is 4.04. The van der Waals surface area contributed by atoms with Crippen LogP contribution in [0.5, 0.6) is 0 Å². The van der Waals surface area contributed by atoms with Crippen molar-refractivity contribution in [3.05, 3.63) is 38.9 Å². The first-order chi connectivity index (χ1) is 9.62. The SMILES string of the molecule is C[NH+](C)CC(C)(C)CNC(=O)c1ccc(Cl)c([N+](=O)[O-])c1. The van der Waals surface area contributed by atoms with E-state index in [9.17, 15) is 14.9 Å². The standard InChI is InChI=1S/C14H20ClN3O3/c1-14(2,9-17(3)4)8-16-13(19)10-5-6-11(15)12(7-10)18(20)21/h5-7H,8-9H2,1-4H3,(H,16,19)/p+1. The topological polar surface area (TPSA) is 76.7 Å². The van der Waals surface area contributed by atoms with Gasteiger partial charge in [0.15, 0.2) is 0 Å². The molecule has 0 bridgehead atoms. The van der Waals surface area contributed by atoms with Crippen LogP contribution in [0, 0.1) is 15.5 Å². The van der Waals surface area contributed by atoms with Crippen LogP contribution in [-0.4, -0.2) is 38.0 Å². The molecular formula is C14H21ClN3O3+. The number of quaternary nitrogens is 1. The molecule has 2 N–H and O–H groups in total. The highest BCUT2D eigenvalue weighted by atomic mass is 35.5. The summed E-state index contributed by atoms with van der Waals surface area (Å²) < 4.78 is 0. The number of carbonyl (C=O) groups excluding carboxylic acids is 1. The zero-order chi connectivity index (χ0) is 16.2. The Hall–Kier alpha value is -1.66. The van der Waals surface area contributed by atoms with Crippen molar-refractivity contribution in [3.63, 3.8) is 0 Å². The van der Waals surface area contributed by atoms with E-state index in [4.69, 9.17) is 11.6 Å². The van der Waals surface area contributed by atoms with Crippen LogP contribution in [0.15, 0.2) is 18.2 Å². The molecule has 0 aromatic heterocycles. The van der Waals surface area contributed by atoms with E-state index < -0.39 is 4.92 Å². The third-order valence-electron chi connectivity index (χ3n) is 2.96. The molecule has 0 aliphatic heterocycles. The fraction of sp³-hybridized carbons (Fsp3) is 0.500. The molecule has 6 nitrogen and oxygen atoms in total. The summed E-state index contributed by atoms with van der Waals surface area (Å²) in [6.07, 6.45) is 0. The Labute approximate surface area is 129 Å². The van der Waals surface area contributed by atoms with Crippen molar-refractivity contribution in [1.29, 1.82) is 0 Å². The van der Waals surface area contributed by atoms with Gasteiger partial charge in [-0.15, -0.1) is 0 Å². The molecule has 0 heterocycles. The molecule has 0 atom stereocenters. The van der Waals surface area contributed by atoms with Crippen LogP contribution in [-0.2, 0) is 0 Å². The Bertz CT molecular complexity index is 544. The highest BCUT2D eigenvalue weighted by Crippen LogP contribution is 2.25. The Morgan fingerprint density at radius 3 is 2.57 bits per heavy atom. The van der Waals surface area contributed by atoms with E-state index in [-0.39, 0.29) is 27.6 Å². The van der Waals surface area contributed by atoms with E-state index in [1.54, 1.807) is 0 Å². The fourth-order valence-corrected chi connectivity index (χ4v) is 2.42. The van der Waals surface area contributed by atoms with Crippen LogP contribution < -0.4 is 10.2 Å². The number of halogens is 1. The Balaban J connectivity index is 2.77. The van der Waals surface area contributed by atoms with Gasteiger partial charge >= 0.3 is 0 Å². The molecule has 1 amide bonds. The first kappa shape index (κ1) is 17.4. The number of nitrogens with one attached hydrogen (secondary N) is 2. The molecule has 1 rings (SSSR count). The van der Waals surface area contributed by atoms with Crippen LogP contribution in [0.25, 0.3) is 0 Å². The van der Waals surface area contributed by atoms with E-state index in [0.717, 1.165) is 6.54 Å².